The summed E-state index contributed by atoms with van der Waals surface area (Å²) in [4.78, 5) is 12.7. The Morgan fingerprint density at radius 3 is 2.20 bits per heavy atom. The molecule has 0 saturated heterocycles. The van der Waals surface area contributed by atoms with Crippen LogP contribution in [0.1, 0.15) is 5.56 Å². The molecule has 0 saturated carbocycles. The van der Waals surface area contributed by atoms with E-state index in [4.69, 9.17) is 4.99 Å². The topological polar surface area (TPSA) is 41.0 Å². The molecule has 30 heavy (non-hydrogen) atoms. The van der Waals surface area contributed by atoms with E-state index in [1.54, 1.807) is 0 Å². The van der Waals surface area contributed by atoms with E-state index in [9.17, 15) is 0 Å². The zero-order valence-corrected chi connectivity index (χ0v) is 18.4. The predicted molar refractivity (Wildman–Crippen MR) is 134 cm³/mol. The average molecular weight is 425 g/mol. The highest BCUT2D eigenvalue weighted by Gasteiger charge is 2.14. The van der Waals surface area contributed by atoms with Crippen LogP contribution in [-0.2, 0) is 6.42 Å². The molecule has 1 N–H and O–H groups in total. The van der Waals surface area contributed by atoms with Crippen LogP contribution in [0.5, 0.6) is 0 Å². The van der Waals surface area contributed by atoms with Crippen molar-refractivity contribution in [1.82, 2.24) is 9.97 Å². The second-order valence-corrected chi connectivity index (χ2v) is 9.61. The fourth-order valence-corrected chi connectivity index (χ4v) is 5.09. The van der Waals surface area contributed by atoms with E-state index in [1.165, 1.54) is 33.3 Å². The number of aliphatic imine (C=N–C) groups is 1. The molecule has 0 bridgehead atoms. The monoisotopic (exact) mass is 425 g/mol. The lowest BCUT2D eigenvalue weighted by Gasteiger charge is -2.07. The van der Waals surface area contributed by atoms with E-state index in [2.05, 4.69) is 83.8 Å². The van der Waals surface area contributed by atoms with E-state index >= 15 is 0 Å². The fourth-order valence-electron chi connectivity index (χ4n) is 3.79. The van der Waals surface area contributed by atoms with Crippen LogP contribution in [0.25, 0.3) is 33.3 Å². The molecule has 2 atom stereocenters. The van der Waals surface area contributed by atoms with Gasteiger partial charge in [-0.25, -0.2) is 4.98 Å². The Labute approximate surface area is 179 Å². The van der Waals surface area contributed by atoms with Crippen LogP contribution in [0.4, 0.5) is 5.69 Å². The first kappa shape index (κ1) is 19.1. The molecule has 5 rings (SSSR count). The average Bonchev–Trinajstić information content (AvgIpc) is 3.36. The van der Waals surface area contributed by atoms with Crippen LogP contribution in [0.2, 0.25) is 0 Å². The summed E-state index contributed by atoms with van der Waals surface area (Å²) in [7, 11) is 1.11. The van der Waals surface area contributed by atoms with Gasteiger partial charge >= 0.3 is 0 Å². The molecule has 1 aromatic heterocycles. The summed E-state index contributed by atoms with van der Waals surface area (Å²) in [5.41, 5.74) is 11.5. The van der Waals surface area contributed by atoms with E-state index in [1.807, 2.05) is 11.6 Å². The Bertz CT molecular complexity index is 1300. The van der Waals surface area contributed by atoms with Crippen molar-refractivity contribution in [1.29, 1.82) is 0 Å². The smallest absolute Gasteiger partial charge is 0.130 e. The van der Waals surface area contributed by atoms with Gasteiger partial charge in [-0.1, -0.05) is 69.8 Å². The van der Waals surface area contributed by atoms with Crippen molar-refractivity contribution >= 4 is 44.9 Å². The summed E-state index contributed by atoms with van der Waals surface area (Å²) in [6.45, 7) is 7.63. The zero-order valence-electron chi connectivity index (χ0n) is 16.4. The summed E-state index contributed by atoms with van der Waals surface area (Å²) in [6, 6.07) is 21.7. The molecule has 3 nitrogen and oxygen atoms in total. The normalized spacial score (nSPS) is 13.4. The second kappa shape index (κ2) is 8.11. The maximum Gasteiger partial charge on any atom is 0.130 e. The molecule has 0 radical (unpaired) electrons. The van der Waals surface area contributed by atoms with Crippen molar-refractivity contribution < 1.29 is 0 Å². The minimum atomic E-state index is 0.501. The van der Waals surface area contributed by atoms with Crippen molar-refractivity contribution in [3.8, 4) is 22.3 Å². The van der Waals surface area contributed by atoms with Crippen LogP contribution in [-0.4, -0.2) is 15.4 Å². The van der Waals surface area contributed by atoms with Gasteiger partial charge < -0.3 is 4.98 Å². The van der Waals surface area contributed by atoms with Crippen LogP contribution < -0.4 is 5.57 Å². The molecule has 1 aliphatic rings. The number of hydrogen-bond donors (Lipinski definition) is 1. The molecular weight excluding hydrogens is 404 g/mol. The van der Waals surface area contributed by atoms with Crippen molar-refractivity contribution in [2.75, 3.05) is 0 Å². The zero-order chi connectivity index (χ0) is 20.5. The summed E-state index contributed by atoms with van der Waals surface area (Å²) in [5, 5.41) is 0. The fraction of sp³-hybridized carbons (Fsp3) is 0.0400. The molecule has 2 heterocycles. The third-order valence-corrected chi connectivity index (χ3v) is 6.77. The molecule has 0 spiro atoms. The number of rotatable bonds is 6. The van der Waals surface area contributed by atoms with Crippen molar-refractivity contribution in [2.45, 2.75) is 6.42 Å². The molecule has 0 aliphatic carbocycles. The maximum absolute atomic E-state index is 4.71. The number of aromatic nitrogens is 2. The summed E-state index contributed by atoms with van der Waals surface area (Å²) in [5.74, 6) is 3.84. The summed E-state index contributed by atoms with van der Waals surface area (Å²) < 4.78 is 0. The first-order chi connectivity index (χ1) is 14.7. The Morgan fingerprint density at radius 1 is 0.800 bits per heavy atom. The van der Waals surface area contributed by atoms with Gasteiger partial charge in [0, 0.05) is 11.9 Å². The number of H-pyrrole nitrogens is 1. The van der Waals surface area contributed by atoms with E-state index < -0.39 is 0 Å². The highest BCUT2D eigenvalue weighted by Crippen LogP contribution is 2.36. The van der Waals surface area contributed by atoms with Crippen molar-refractivity contribution in [2.24, 2.45) is 4.99 Å². The maximum atomic E-state index is 4.71. The van der Waals surface area contributed by atoms with Gasteiger partial charge in [-0.3, -0.25) is 4.99 Å². The minimum absolute atomic E-state index is 0.501. The van der Waals surface area contributed by atoms with Crippen LogP contribution in [0, 0.1) is 0 Å². The lowest BCUT2D eigenvalue weighted by molar-refractivity contribution is 1.41. The number of nitrogens with one attached hydrogen (secondary N) is 1. The third-order valence-electron chi connectivity index (χ3n) is 5.23. The number of nitrogens with zero attached hydrogens (tertiary/aromatic N) is 2. The van der Waals surface area contributed by atoms with Crippen LogP contribution in [0.3, 0.4) is 0 Å². The molecule has 3 aromatic carbocycles. The Balaban J connectivity index is 1.40. The first-order valence-corrected chi connectivity index (χ1v) is 11.9. The SMILES string of the molecule is C=CPC1=Nc2ccc(-c3ccc(-c4ccc5nc(PC=C)[nH]c5c4)cc3)cc2C1. The largest absolute Gasteiger partial charge is 0.338 e. The standard InChI is InChI=1S/C25H21N3P2/c1-3-29-24-15-20-13-18(9-11-21(20)26-24)16-5-7-17(8-6-16)19-10-12-22-23(14-19)28-25(27-22)30-4-2/h3-14,29-30H,1-2,15H2,(H,27,28). The summed E-state index contributed by atoms with van der Waals surface area (Å²) >= 11 is 0. The van der Waals surface area contributed by atoms with Crippen LogP contribution in [0.15, 0.2) is 90.4 Å². The van der Waals surface area contributed by atoms with E-state index in [-0.39, 0.29) is 0 Å². The van der Waals surface area contributed by atoms with Crippen molar-refractivity contribution in [3.63, 3.8) is 0 Å². The molecule has 5 heteroatoms. The number of hydrogen-bond acceptors (Lipinski definition) is 2. The molecule has 1 aliphatic heterocycles. The van der Waals surface area contributed by atoms with Gasteiger partial charge in [0.15, 0.2) is 0 Å². The summed E-state index contributed by atoms with van der Waals surface area (Å²) in [6.07, 6.45) is 0.935. The van der Waals surface area contributed by atoms with Crippen molar-refractivity contribution in [3.05, 3.63) is 91.0 Å². The Hall–Kier alpha value is -2.86. The van der Waals surface area contributed by atoms with Gasteiger partial charge in [0.2, 0.25) is 0 Å². The van der Waals surface area contributed by atoms with Gasteiger partial charge in [-0.05, 0) is 60.7 Å². The van der Waals surface area contributed by atoms with Gasteiger partial charge in [-0.2, -0.15) is 0 Å². The second-order valence-electron chi connectivity index (χ2n) is 7.17. The highest BCUT2D eigenvalue weighted by molar-refractivity contribution is 7.61. The predicted octanol–water partition coefficient (Wildman–Crippen LogP) is 6.75. The molecule has 4 aromatic rings. The molecule has 0 fully saturated rings. The van der Waals surface area contributed by atoms with Crippen LogP contribution >= 0.6 is 17.2 Å². The van der Waals surface area contributed by atoms with Gasteiger partial charge in [0.1, 0.15) is 5.57 Å². The number of imidazole rings is 1. The number of fused-ring (bicyclic) bond motifs is 2. The van der Waals surface area contributed by atoms with Gasteiger partial charge in [0.05, 0.1) is 16.7 Å². The lowest BCUT2D eigenvalue weighted by Crippen LogP contribution is -1.95. The first-order valence-electron chi connectivity index (χ1n) is 9.79. The number of aromatic amines is 1. The Morgan fingerprint density at radius 2 is 1.47 bits per heavy atom. The van der Waals surface area contributed by atoms with Gasteiger partial charge in [-0.15, -0.1) is 0 Å². The van der Waals surface area contributed by atoms with E-state index in [0.717, 1.165) is 28.7 Å². The molecule has 146 valence electrons. The highest BCUT2D eigenvalue weighted by atomic mass is 31.1. The molecule has 2 unspecified atom stereocenters. The Kier molecular flexibility index (Phi) is 5.17. The molecular formula is C25H21N3P2. The number of benzene rings is 3. The lowest BCUT2D eigenvalue weighted by atomic mass is 9.98. The van der Waals surface area contributed by atoms with Gasteiger partial charge in [0.25, 0.3) is 0 Å². The quantitative estimate of drug-likeness (QED) is 0.341. The van der Waals surface area contributed by atoms with E-state index in [0.29, 0.717) is 17.2 Å². The molecule has 0 amide bonds. The minimum Gasteiger partial charge on any atom is -0.338 e. The third kappa shape index (κ3) is 3.67.